The van der Waals surface area contributed by atoms with Crippen LogP contribution >= 0.6 is 11.8 Å². The van der Waals surface area contributed by atoms with Gasteiger partial charge in [-0.3, -0.25) is 10.1 Å². The Bertz CT molecular complexity index is 412. The Balaban J connectivity index is 2.23. The largest absolute Gasteiger partial charge is 0.388 e. The van der Waals surface area contributed by atoms with Crippen LogP contribution in [0.25, 0.3) is 0 Å². The molecule has 6 heteroatoms. The maximum Gasteiger partial charge on any atom is 0.321 e. The molecule has 0 radical (unpaired) electrons. The third kappa shape index (κ3) is 6.26. The number of imide groups is 1. The Morgan fingerprint density at radius 1 is 1.32 bits per heavy atom. The molecule has 0 saturated heterocycles. The zero-order chi connectivity index (χ0) is 14.1. The molecule has 0 spiro atoms. The predicted octanol–water partition coefficient (Wildman–Crippen LogP) is 1.30. The number of rotatable bonds is 6. The van der Waals surface area contributed by atoms with Crippen LogP contribution in [0.2, 0.25) is 0 Å². The van der Waals surface area contributed by atoms with E-state index in [0.717, 1.165) is 5.56 Å². The Hall–Kier alpha value is -1.53. The third-order valence-electron chi connectivity index (χ3n) is 2.28. The Morgan fingerprint density at radius 3 is 2.63 bits per heavy atom. The van der Waals surface area contributed by atoms with Gasteiger partial charge in [0.05, 0.1) is 11.9 Å². The van der Waals surface area contributed by atoms with Gasteiger partial charge in [-0.2, -0.15) is 0 Å². The number of urea groups is 1. The van der Waals surface area contributed by atoms with Gasteiger partial charge in [0.15, 0.2) is 0 Å². The molecule has 104 valence electrons. The summed E-state index contributed by atoms with van der Waals surface area (Å²) in [4.78, 5) is 22.4. The van der Waals surface area contributed by atoms with E-state index in [-0.39, 0.29) is 11.7 Å². The third-order valence-corrected chi connectivity index (χ3v) is 3.30. The van der Waals surface area contributed by atoms with Gasteiger partial charge in [0, 0.05) is 12.3 Å². The molecule has 0 aliphatic carbocycles. The van der Waals surface area contributed by atoms with Crippen LogP contribution in [-0.4, -0.2) is 35.1 Å². The lowest BCUT2D eigenvalue weighted by Crippen LogP contribution is -2.40. The van der Waals surface area contributed by atoms with Gasteiger partial charge in [-0.1, -0.05) is 30.3 Å². The molecule has 0 aromatic heterocycles. The van der Waals surface area contributed by atoms with E-state index in [2.05, 4.69) is 10.6 Å². The zero-order valence-corrected chi connectivity index (χ0v) is 11.6. The summed E-state index contributed by atoms with van der Waals surface area (Å²) in [6.45, 7) is 2.24. The summed E-state index contributed by atoms with van der Waals surface area (Å²) in [6, 6.07) is 8.76. The number of hydrogen-bond acceptors (Lipinski definition) is 4. The molecule has 1 aromatic rings. The van der Waals surface area contributed by atoms with Crippen LogP contribution in [0.4, 0.5) is 4.79 Å². The molecule has 0 saturated carbocycles. The van der Waals surface area contributed by atoms with E-state index in [9.17, 15) is 14.7 Å². The van der Waals surface area contributed by atoms with Crippen LogP contribution in [0.3, 0.4) is 0 Å². The van der Waals surface area contributed by atoms with Crippen molar-refractivity contribution in [2.75, 3.05) is 18.1 Å². The molecule has 1 aromatic carbocycles. The van der Waals surface area contributed by atoms with Crippen LogP contribution in [0.15, 0.2) is 30.3 Å². The number of carbonyl (C=O) groups excluding carboxylic acids is 2. The first-order valence-electron chi connectivity index (χ1n) is 6.02. The standard InChI is InChI=1S/C13H18N2O3S/c1-2-14-13(18)15-12(17)9-19-8-11(16)10-6-4-3-5-7-10/h3-7,11,16H,2,8-9H2,1H3,(H2,14,15,17,18)/t11-/m0/s1. The van der Waals surface area contributed by atoms with E-state index in [0.29, 0.717) is 12.3 Å². The quantitative estimate of drug-likeness (QED) is 0.735. The van der Waals surface area contributed by atoms with Crippen molar-refractivity contribution in [2.45, 2.75) is 13.0 Å². The predicted molar refractivity (Wildman–Crippen MR) is 75.9 cm³/mol. The van der Waals surface area contributed by atoms with E-state index < -0.39 is 12.1 Å². The summed E-state index contributed by atoms with van der Waals surface area (Å²) in [5, 5.41) is 14.5. The lowest BCUT2D eigenvalue weighted by atomic mass is 10.1. The second kappa shape index (κ2) is 8.55. The van der Waals surface area contributed by atoms with Crippen LogP contribution in [0.5, 0.6) is 0 Å². The first kappa shape index (κ1) is 15.5. The maximum absolute atomic E-state index is 11.4. The van der Waals surface area contributed by atoms with E-state index in [1.165, 1.54) is 11.8 Å². The highest BCUT2D eigenvalue weighted by atomic mass is 32.2. The topological polar surface area (TPSA) is 78.4 Å². The highest BCUT2D eigenvalue weighted by Gasteiger charge is 2.10. The van der Waals surface area contributed by atoms with Crippen LogP contribution in [-0.2, 0) is 4.79 Å². The fraction of sp³-hybridized carbons (Fsp3) is 0.385. The van der Waals surface area contributed by atoms with Crippen molar-refractivity contribution < 1.29 is 14.7 Å². The van der Waals surface area contributed by atoms with Gasteiger partial charge in [0.2, 0.25) is 5.91 Å². The summed E-state index contributed by atoms with van der Waals surface area (Å²) in [5.74, 6) is 0.185. The number of thioether (sulfide) groups is 1. The van der Waals surface area contributed by atoms with E-state index >= 15 is 0 Å². The van der Waals surface area contributed by atoms with E-state index in [4.69, 9.17) is 0 Å². The monoisotopic (exact) mass is 282 g/mol. The van der Waals surface area contributed by atoms with Gasteiger partial charge >= 0.3 is 6.03 Å². The maximum atomic E-state index is 11.4. The first-order valence-corrected chi connectivity index (χ1v) is 7.17. The minimum atomic E-state index is -0.608. The van der Waals surface area contributed by atoms with E-state index in [1.54, 1.807) is 6.92 Å². The second-order valence-corrected chi connectivity index (χ2v) is 4.88. The molecule has 0 aliphatic rings. The summed E-state index contributed by atoms with van der Waals surface area (Å²) < 4.78 is 0. The van der Waals surface area contributed by atoms with Gasteiger partial charge in [0.25, 0.3) is 0 Å². The average Bonchev–Trinajstić information content (AvgIpc) is 2.39. The van der Waals surface area contributed by atoms with Crippen molar-refractivity contribution in [3.8, 4) is 0 Å². The Labute approximate surface area is 116 Å². The van der Waals surface area contributed by atoms with Crippen LogP contribution < -0.4 is 10.6 Å². The van der Waals surface area contributed by atoms with E-state index in [1.807, 2.05) is 30.3 Å². The van der Waals surface area contributed by atoms with Crippen LogP contribution in [0.1, 0.15) is 18.6 Å². The number of benzene rings is 1. The van der Waals surface area contributed by atoms with Gasteiger partial charge < -0.3 is 10.4 Å². The molecule has 3 amide bonds. The van der Waals surface area contributed by atoms with Crippen molar-refractivity contribution in [3.05, 3.63) is 35.9 Å². The normalized spacial score (nSPS) is 11.7. The molecule has 0 unspecified atom stereocenters. The Morgan fingerprint density at radius 2 is 2.00 bits per heavy atom. The summed E-state index contributed by atoms with van der Waals surface area (Å²) in [5.41, 5.74) is 0.819. The number of amides is 3. The molecule has 0 bridgehead atoms. The molecule has 5 nitrogen and oxygen atoms in total. The van der Waals surface area contributed by atoms with Gasteiger partial charge in [0.1, 0.15) is 0 Å². The summed E-state index contributed by atoms with van der Waals surface area (Å²) >= 11 is 1.28. The minimum absolute atomic E-state index is 0.140. The number of nitrogens with one attached hydrogen (secondary N) is 2. The van der Waals surface area contributed by atoms with Crippen molar-refractivity contribution in [1.29, 1.82) is 0 Å². The molecule has 19 heavy (non-hydrogen) atoms. The smallest absolute Gasteiger partial charge is 0.321 e. The molecular formula is C13H18N2O3S. The van der Waals surface area contributed by atoms with Crippen molar-refractivity contribution in [3.63, 3.8) is 0 Å². The SMILES string of the molecule is CCNC(=O)NC(=O)CSC[C@H](O)c1ccccc1. The molecule has 1 rings (SSSR count). The Kier molecular flexibility index (Phi) is 6.99. The summed E-state index contributed by atoms with van der Waals surface area (Å²) in [7, 11) is 0. The number of aliphatic hydroxyl groups is 1. The molecule has 0 fully saturated rings. The number of carbonyl (C=O) groups is 2. The van der Waals surface area contributed by atoms with Gasteiger partial charge in [-0.15, -0.1) is 11.8 Å². The zero-order valence-electron chi connectivity index (χ0n) is 10.8. The first-order chi connectivity index (χ1) is 9.13. The van der Waals surface area contributed by atoms with Crippen molar-refractivity contribution in [2.24, 2.45) is 0 Å². The molecule has 0 heterocycles. The average molecular weight is 282 g/mol. The minimum Gasteiger partial charge on any atom is -0.388 e. The van der Waals surface area contributed by atoms with Crippen molar-refractivity contribution >= 4 is 23.7 Å². The van der Waals surface area contributed by atoms with Crippen LogP contribution in [0, 0.1) is 0 Å². The van der Waals surface area contributed by atoms with Gasteiger partial charge in [-0.25, -0.2) is 4.79 Å². The second-order valence-electron chi connectivity index (χ2n) is 3.85. The number of hydrogen-bond donors (Lipinski definition) is 3. The highest BCUT2D eigenvalue weighted by molar-refractivity contribution is 7.99. The fourth-order valence-electron chi connectivity index (χ4n) is 1.40. The molecular weight excluding hydrogens is 264 g/mol. The molecule has 0 aliphatic heterocycles. The highest BCUT2D eigenvalue weighted by Crippen LogP contribution is 2.17. The molecule has 1 atom stereocenters. The lowest BCUT2D eigenvalue weighted by molar-refractivity contribution is -0.117. The lowest BCUT2D eigenvalue weighted by Gasteiger charge is -2.10. The summed E-state index contributed by atoms with van der Waals surface area (Å²) in [6.07, 6.45) is -0.608. The number of aliphatic hydroxyl groups excluding tert-OH is 1. The van der Waals surface area contributed by atoms with Crippen molar-refractivity contribution in [1.82, 2.24) is 10.6 Å². The van der Waals surface area contributed by atoms with Gasteiger partial charge in [-0.05, 0) is 12.5 Å². The fourth-order valence-corrected chi connectivity index (χ4v) is 2.19. The molecule has 3 N–H and O–H groups in total.